The van der Waals surface area contributed by atoms with E-state index in [1.54, 1.807) is 0 Å². The zero-order valence-electron chi connectivity index (χ0n) is 10.7. The lowest BCUT2D eigenvalue weighted by Crippen LogP contribution is -2.11. The molecule has 2 nitrogen and oxygen atoms in total. The fraction of sp³-hybridized carbons (Fsp3) is 0.333. The minimum Gasteiger partial charge on any atom is -0.388 e. The summed E-state index contributed by atoms with van der Waals surface area (Å²) in [4.78, 5) is 0. The molecule has 0 spiro atoms. The summed E-state index contributed by atoms with van der Waals surface area (Å²) in [6.45, 7) is 2.06. The maximum Gasteiger partial charge on any atom is 0.0807 e. The molecule has 0 aliphatic heterocycles. The Bertz CT molecular complexity index is 635. The first kappa shape index (κ1) is 13.2. The highest BCUT2D eigenvalue weighted by atomic mass is 79.9. The van der Waals surface area contributed by atoms with E-state index < -0.39 is 0 Å². The summed E-state index contributed by atoms with van der Waals surface area (Å²) in [6.07, 6.45) is 2.53. The average Bonchev–Trinajstić information content (AvgIpc) is 2.68. The summed E-state index contributed by atoms with van der Waals surface area (Å²) in [5, 5.41) is 10.8. The van der Waals surface area contributed by atoms with Crippen LogP contribution >= 0.6 is 27.5 Å². The fourth-order valence-corrected chi connectivity index (χ4v) is 3.63. The Hall–Kier alpha value is -0.770. The monoisotopic (exact) mass is 339 g/mol. The molecule has 0 saturated carbocycles. The smallest absolute Gasteiger partial charge is 0.0807 e. The first-order chi connectivity index (χ1) is 9.08. The van der Waals surface area contributed by atoms with Crippen molar-refractivity contribution in [3.8, 4) is 5.69 Å². The number of aryl methyl sites for hydroxylation is 1. The Morgan fingerprint density at radius 2 is 2.16 bits per heavy atom. The number of aliphatic hydroxyl groups is 1. The Balaban J connectivity index is 2.20. The van der Waals surface area contributed by atoms with Crippen molar-refractivity contribution in [1.82, 2.24) is 4.57 Å². The Labute approximate surface area is 126 Å². The number of nitrogens with zero attached hydrogens (tertiary/aromatic N) is 1. The van der Waals surface area contributed by atoms with E-state index in [1.807, 2.05) is 18.2 Å². The molecule has 100 valence electrons. The lowest BCUT2D eigenvalue weighted by molar-refractivity contribution is 0.156. The lowest BCUT2D eigenvalue weighted by atomic mass is 9.95. The van der Waals surface area contributed by atoms with E-state index >= 15 is 0 Å². The van der Waals surface area contributed by atoms with Crippen molar-refractivity contribution in [3.05, 3.63) is 50.7 Å². The molecule has 0 amide bonds. The second kappa shape index (κ2) is 4.97. The number of halogens is 2. The van der Waals surface area contributed by atoms with E-state index in [1.165, 1.54) is 5.69 Å². The van der Waals surface area contributed by atoms with E-state index in [-0.39, 0.29) is 6.10 Å². The molecule has 1 aliphatic rings. The highest BCUT2D eigenvalue weighted by Gasteiger charge is 2.24. The zero-order valence-corrected chi connectivity index (χ0v) is 13.0. The van der Waals surface area contributed by atoms with Crippen LogP contribution in [0.15, 0.2) is 28.7 Å². The van der Waals surface area contributed by atoms with Crippen LogP contribution in [0.2, 0.25) is 5.02 Å². The lowest BCUT2D eigenvalue weighted by Gasteiger charge is -2.21. The topological polar surface area (TPSA) is 25.2 Å². The molecule has 19 heavy (non-hydrogen) atoms. The van der Waals surface area contributed by atoms with Crippen LogP contribution in [-0.4, -0.2) is 9.67 Å². The summed E-state index contributed by atoms with van der Waals surface area (Å²) < 4.78 is 3.15. The van der Waals surface area contributed by atoms with Gasteiger partial charge in [-0.1, -0.05) is 27.5 Å². The molecular weight excluding hydrogens is 326 g/mol. The fourth-order valence-electron chi connectivity index (χ4n) is 2.88. The van der Waals surface area contributed by atoms with Gasteiger partial charge >= 0.3 is 0 Å². The van der Waals surface area contributed by atoms with Crippen molar-refractivity contribution in [2.45, 2.75) is 32.3 Å². The van der Waals surface area contributed by atoms with Gasteiger partial charge in [0.1, 0.15) is 0 Å². The van der Waals surface area contributed by atoms with Gasteiger partial charge in [-0.2, -0.15) is 0 Å². The largest absolute Gasteiger partial charge is 0.388 e. The highest BCUT2D eigenvalue weighted by Crippen LogP contribution is 2.36. The van der Waals surface area contributed by atoms with Gasteiger partial charge in [0.05, 0.1) is 16.8 Å². The van der Waals surface area contributed by atoms with E-state index in [0.717, 1.165) is 45.7 Å². The van der Waals surface area contributed by atoms with Gasteiger partial charge in [0.15, 0.2) is 0 Å². The van der Waals surface area contributed by atoms with Crippen molar-refractivity contribution >= 4 is 27.5 Å². The molecule has 0 radical (unpaired) electrons. The number of fused-ring (bicyclic) bond motifs is 1. The number of aliphatic hydroxyl groups excluding tert-OH is 1. The normalized spacial score (nSPS) is 18.4. The number of hydrogen-bond acceptors (Lipinski definition) is 1. The molecule has 0 bridgehead atoms. The Morgan fingerprint density at radius 3 is 2.89 bits per heavy atom. The van der Waals surface area contributed by atoms with Gasteiger partial charge in [0.25, 0.3) is 0 Å². The van der Waals surface area contributed by atoms with Gasteiger partial charge < -0.3 is 9.67 Å². The maximum atomic E-state index is 10.1. The van der Waals surface area contributed by atoms with E-state index in [9.17, 15) is 5.11 Å². The third-order valence-electron chi connectivity index (χ3n) is 3.72. The third kappa shape index (κ3) is 2.24. The van der Waals surface area contributed by atoms with Crippen LogP contribution < -0.4 is 0 Å². The third-order valence-corrected chi connectivity index (χ3v) is 4.52. The van der Waals surface area contributed by atoms with Gasteiger partial charge in [0.2, 0.25) is 0 Å². The van der Waals surface area contributed by atoms with E-state index in [2.05, 4.69) is 33.5 Å². The van der Waals surface area contributed by atoms with Gasteiger partial charge in [-0.25, -0.2) is 0 Å². The van der Waals surface area contributed by atoms with Crippen molar-refractivity contribution in [2.75, 3.05) is 0 Å². The van der Waals surface area contributed by atoms with Gasteiger partial charge in [-0.05, 0) is 50.5 Å². The Kier molecular flexibility index (Phi) is 3.46. The van der Waals surface area contributed by atoms with Crippen LogP contribution in [0.3, 0.4) is 0 Å². The maximum absolute atomic E-state index is 10.1. The first-order valence-corrected chi connectivity index (χ1v) is 7.59. The van der Waals surface area contributed by atoms with Crippen molar-refractivity contribution < 1.29 is 5.11 Å². The van der Waals surface area contributed by atoms with Crippen LogP contribution in [0.25, 0.3) is 5.69 Å². The second-order valence-electron chi connectivity index (χ2n) is 5.03. The molecule has 1 N–H and O–H groups in total. The zero-order chi connectivity index (χ0) is 13.6. The molecule has 1 aromatic heterocycles. The molecule has 1 atom stereocenters. The van der Waals surface area contributed by atoms with Crippen molar-refractivity contribution in [3.63, 3.8) is 0 Å². The van der Waals surface area contributed by atoms with Crippen molar-refractivity contribution in [2.24, 2.45) is 0 Å². The molecule has 1 unspecified atom stereocenters. The molecule has 1 heterocycles. The minimum absolute atomic E-state index is 0.335. The molecule has 3 rings (SSSR count). The minimum atomic E-state index is -0.335. The average molecular weight is 341 g/mol. The van der Waals surface area contributed by atoms with Crippen LogP contribution in [0, 0.1) is 6.92 Å². The number of aromatic nitrogens is 1. The molecule has 0 fully saturated rings. The molecule has 1 aliphatic carbocycles. The Morgan fingerprint density at radius 1 is 1.37 bits per heavy atom. The van der Waals surface area contributed by atoms with Crippen LogP contribution in [0.5, 0.6) is 0 Å². The molecule has 0 saturated heterocycles. The van der Waals surface area contributed by atoms with E-state index in [0.29, 0.717) is 0 Å². The summed E-state index contributed by atoms with van der Waals surface area (Å²) in [5.41, 5.74) is 4.36. The van der Waals surface area contributed by atoms with Crippen LogP contribution in [0.4, 0.5) is 0 Å². The predicted octanol–water partition coefficient (Wildman–Crippen LogP) is 4.57. The van der Waals surface area contributed by atoms with Gasteiger partial charge in [-0.15, -0.1) is 0 Å². The first-order valence-electron chi connectivity index (χ1n) is 6.42. The van der Waals surface area contributed by atoms with E-state index in [4.69, 9.17) is 11.6 Å². The molecule has 2 aromatic rings. The van der Waals surface area contributed by atoms with Gasteiger partial charge in [0, 0.05) is 21.4 Å². The quantitative estimate of drug-likeness (QED) is 0.808. The summed E-state index contributed by atoms with van der Waals surface area (Å²) in [7, 11) is 0. The summed E-state index contributed by atoms with van der Waals surface area (Å²) in [6, 6.07) is 7.99. The molecule has 4 heteroatoms. The van der Waals surface area contributed by atoms with Gasteiger partial charge in [-0.3, -0.25) is 0 Å². The summed E-state index contributed by atoms with van der Waals surface area (Å²) >= 11 is 9.79. The van der Waals surface area contributed by atoms with Crippen LogP contribution in [0.1, 0.15) is 35.9 Å². The van der Waals surface area contributed by atoms with Crippen LogP contribution in [-0.2, 0) is 6.42 Å². The second-order valence-corrected chi connectivity index (χ2v) is 6.35. The number of benzene rings is 1. The van der Waals surface area contributed by atoms with Crippen molar-refractivity contribution in [1.29, 1.82) is 0 Å². The standard InChI is InChI=1S/C15H15BrClNO/c1-9-7-11-13(3-2-4-15(11)19)18(9)14-6-5-10(16)8-12(14)17/h5-8,15,19H,2-4H2,1H3. The SMILES string of the molecule is Cc1cc2c(n1-c1ccc(Br)cc1Cl)CCCC2O. The predicted molar refractivity (Wildman–Crippen MR) is 81.1 cm³/mol. The highest BCUT2D eigenvalue weighted by molar-refractivity contribution is 9.10. The molecular formula is C15H15BrClNO. The number of rotatable bonds is 1. The summed E-state index contributed by atoms with van der Waals surface area (Å²) in [5.74, 6) is 0. The molecule has 1 aromatic carbocycles. The number of hydrogen-bond donors (Lipinski definition) is 1.